The van der Waals surface area contributed by atoms with Crippen molar-refractivity contribution in [2.45, 2.75) is 45.2 Å². The van der Waals surface area contributed by atoms with Crippen molar-refractivity contribution in [1.82, 2.24) is 25.8 Å². The first kappa shape index (κ1) is 33.7. The van der Waals surface area contributed by atoms with E-state index in [1.807, 2.05) is 0 Å². The van der Waals surface area contributed by atoms with Gasteiger partial charge in [0.25, 0.3) is 11.8 Å². The first-order chi connectivity index (χ1) is 22.1. The molecule has 0 aliphatic carbocycles. The summed E-state index contributed by atoms with van der Waals surface area (Å²) in [5, 5.41) is 8.07. The van der Waals surface area contributed by atoms with Gasteiger partial charge in [-0.15, -0.1) is 0 Å². The minimum atomic E-state index is -1.13. The smallest absolute Gasteiger partial charge is 0.275 e. The number of methoxy groups -OCH3 is 1. The standard InChI is InChI=1S/C32H34F3N5O6/c1-3-24-31(43)38-17-19-7-9-25(22(34)14-19)46-27-15-20(8-10-26(27)45-2)30(42)36-11-5-13-40(12-4-6-28(41)39-24)32(44)29-23(35)16-21(33)18-37-29/h7-10,14-16,18,24H,3-6,11-13,17H2,1-2H3,(H,36,42)(H,38,43)(H,39,41)/t24-/m0/s1. The van der Waals surface area contributed by atoms with Gasteiger partial charge in [-0.2, -0.15) is 0 Å². The van der Waals surface area contributed by atoms with E-state index < -0.39 is 52.8 Å². The molecule has 3 N–H and O–H groups in total. The first-order valence-electron chi connectivity index (χ1n) is 14.7. The maximum absolute atomic E-state index is 15.0. The van der Waals surface area contributed by atoms with Crippen molar-refractivity contribution in [1.29, 1.82) is 0 Å². The molecular formula is C32H34F3N5O6. The average Bonchev–Trinajstić information content (AvgIpc) is 3.03. The second-order valence-electron chi connectivity index (χ2n) is 10.5. The maximum atomic E-state index is 15.0. The molecule has 11 nitrogen and oxygen atoms in total. The zero-order valence-electron chi connectivity index (χ0n) is 25.3. The second kappa shape index (κ2) is 15.7. The predicted octanol–water partition coefficient (Wildman–Crippen LogP) is 3.87. The van der Waals surface area contributed by atoms with Gasteiger partial charge in [-0.1, -0.05) is 13.0 Å². The van der Waals surface area contributed by atoms with Gasteiger partial charge in [0.1, 0.15) is 11.9 Å². The van der Waals surface area contributed by atoms with Crippen LogP contribution in [0.2, 0.25) is 0 Å². The lowest BCUT2D eigenvalue weighted by molar-refractivity contribution is -0.129. The molecule has 1 aromatic heterocycles. The number of pyridine rings is 1. The molecule has 0 unspecified atom stereocenters. The van der Waals surface area contributed by atoms with E-state index in [-0.39, 0.29) is 74.7 Å². The lowest BCUT2D eigenvalue weighted by atomic mass is 10.1. The zero-order chi connectivity index (χ0) is 33.2. The molecule has 0 radical (unpaired) electrons. The molecule has 244 valence electrons. The van der Waals surface area contributed by atoms with E-state index in [1.165, 1.54) is 42.3 Å². The quantitative estimate of drug-likeness (QED) is 0.395. The number of nitrogens with one attached hydrogen (secondary N) is 3. The largest absolute Gasteiger partial charge is 0.493 e. The number of carbonyl (C=O) groups excluding carboxylic acids is 4. The van der Waals surface area contributed by atoms with Gasteiger partial charge < -0.3 is 30.3 Å². The molecule has 14 heteroatoms. The van der Waals surface area contributed by atoms with E-state index in [2.05, 4.69) is 20.9 Å². The van der Waals surface area contributed by atoms with Crippen molar-refractivity contribution in [3.63, 3.8) is 0 Å². The first-order valence-corrected chi connectivity index (χ1v) is 14.7. The molecule has 2 aliphatic heterocycles. The summed E-state index contributed by atoms with van der Waals surface area (Å²) >= 11 is 0. The topological polar surface area (TPSA) is 139 Å². The minimum absolute atomic E-state index is 0.0161. The molecule has 1 atom stereocenters. The highest BCUT2D eigenvalue weighted by molar-refractivity contribution is 5.95. The van der Waals surface area contributed by atoms with Crippen LogP contribution in [0.25, 0.3) is 0 Å². The van der Waals surface area contributed by atoms with Crippen LogP contribution in [-0.2, 0) is 16.1 Å². The Labute approximate surface area is 263 Å². The van der Waals surface area contributed by atoms with Crippen molar-refractivity contribution >= 4 is 23.6 Å². The van der Waals surface area contributed by atoms with Crippen LogP contribution < -0.4 is 25.4 Å². The van der Waals surface area contributed by atoms with E-state index in [9.17, 15) is 28.0 Å². The van der Waals surface area contributed by atoms with Crippen molar-refractivity contribution in [2.24, 2.45) is 0 Å². The molecule has 0 saturated carbocycles. The summed E-state index contributed by atoms with van der Waals surface area (Å²) in [7, 11) is 1.40. The van der Waals surface area contributed by atoms with Crippen LogP contribution in [0.15, 0.2) is 48.7 Å². The van der Waals surface area contributed by atoms with Crippen molar-refractivity contribution < 1.29 is 41.8 Å². The summed E-state index contributed by atoms with van der Waals surface area (Å²) in [5.74, 6) is -4.79. The summed E-state index contributed by atoms with van der Waals surface area (Å²) in [6.07, 6.45) is 1.35. The van der Waals surface area contributed by atoms with Crippen LogP contribution in [0.1, 0.15) is 59.0 Å². The van der Waals surface area contributed by atoms with Crippen molar-refractivity contribution in [3.05, 3.63) is 82.9 Å². The van der Waals surface area contributed by atoms with Gasteiger partial charge >= 0.3 is 0 Å². The van der Waals surface area contributed by atoms with Crippen molar-refractivity contribution in [3.8, 4) is 17.2 Å². The Balaban J connectivity index is 1.58. The summed E-state index contributed by atoms with van der Waals surface area (Å²) < 4.78 is 53.9. The van der Waals surface area contributed by atoms with Gasteiger partial charge in [0.15, 0.2) is 34.6 Å². The molecular weight excluding hydrogens is 607 g/mol. The fraction of sp³-hybridized carbons (Fsp3) is 0.344. The zero-order valence-corrected chi connectivity index (χ0v) is 25.3. The molecule has 4 bridgehead atoms. The van der Waals surface area contributed by atoms with Crippen molar-refractivity contribution in [2.75, 3.05) is 26.7 Å². The second-order valence-corrected chi connectivity index (χ2v) is 10.5. The van der Waals surface area contributed by atoms with E-state index in [0.717, 1.165) is 6.20 Å². The van der Waals surface area contributed by atoms with Gasteiger partial charge in [-0.3, -0.25) is 19.2 Å². The van der Waals surface area contributed by atoms with Crippen LogP contribution >= 0.6 is 0 Å². The molecule has 4 amide bonds. The summed E-state index contributed by atoms with van der Waals surface area (Å²) in [6, 6.07) is 8.24. The summed E-state index contributed by atoms with van der Waals surface area (Å²) in [6.45, 7) is 1.86. The fourth-order valence-electron chi connectivity index (χ4n) is 4.73. The van der Waals surface area contributed by atoms with E-state index in [1.54, 1.807) is 13.0 Å². The SMILES string of the molecule is CC[C@@H]1NC(=O)CCCN(C(=O)c2ncc(F)cc2F)CCCNC(=O)c2ccc(OC)c(c2)Oc2ccc(cc2F)CNC1=O. The molecule has 5 rings (SSSR count). The van der Waals surface area contributed by atoms with Crippen LogP contribution in [0.4, 0.5) is 13.2 Å². The highest BCUT2D eigenvalue weighted by atomic mass is 19.1. The molecule has 0 saturated heterocycles. The minimum Gasteiger partial charge on any atom is -0.493 e. The summed E-state index contributed by atoms with van der Waals surface area (Å²) in [4.78, 5) is 56.4. The van der Waals surface area contributed by atoms with Gasteiger partial charge in [0.05, 0.1) is 13.3 Å². The van der Waals surface area contributed by atoms with Crippen LogP contribution in [0.3, 0.4) is 0 Å². The molecule has 3 aromatic rings. The Morgan fingerprint density at radius 1 is 1.00 bits per heavy atom. The van der Waals surface area contributed by atoms with Gasteiger partial charge in [-0.25, -0.2) is 18.2 Å². The fourth-order valence-corrected chi connectivity index (χ4v) is 4.73. The summed E-state index contributed by atoms with van der Waals surface area (Å²) in [5.41, 5.74) is 0.0523. The molecule has 2 aliphatic rings. The van der Waals surface area contributed by atoms with Gasteiger partial charge in [-0.05, 0) is 55.2 Å². The maximum Gasteiger partial charge on any atom is 0.275 e. The van der Waals surface area contributed by atoms with Crippen LogP contribution in [0.5, 0.6) is 17.2 Å². The third-order valence-corrected chi connectivity index (χ3v) is 7.19. The number of benzene rings is 2. The molecule has 3 heterocycles. The number of ether oxygens (including phenoxy) is 2. The molecule has 46 heavy (non-hydrogen) atoms. The molecule has 0 spiro atoms. The third-order valence-electron chi connectivity index (χ3n) is 7.19. The Kier molecular flexibility index (Phi) is 11.5. The number of fused-ring (bicyclic) bond motifs is 16. The Hall–Kier alpha value is -5.14. The third kappa shape index (κ3) is 8.73. The molecule has 0 fully saturated rings. The predicted molar refractivity (Wildman–Crippen MR) is 160 cm³/mol. The van der Waals surface area contributed by atoms with Crippen LogP contribution in [0, 0.1) is 17.5 Å². The average molecular weight is 642 g/mol. The van der Waals surface area contributed by atoms with Gasteiger partial charge in [0, 0.05) is 44.2 Å². The lowest BCUT2D eigenvalue weighted by Gasteiger charge is -2.23. The number of halogens is 3. The number of rotatable bonds is 3. The highest BCUT2D eigenvalue weighted by Gasteiger charge is 2.23. The number of carbonyl (C=O) groups is 4. The molecule has 2 aromatic carbocycles. The monoisotopic (exact) mass is 641 g/mol. The number of aromatic nitrogens is 1. The number of nitrogens with zero attached hydrogens (tertiary/aromatic N) is 2. The Bertz CT molecular complexity index is 1600. The highest BCUT2D eigenvalue weighted by Crippen LogP contribution is 2.34. The number of hydrogen-bond acceptors (Lipinski definition) is 7. The number of hydrogen-bond donors (Lipinski definition) is 3. The lowest BCUT2D eigenvalue weighted by Crippen LogP contribution is -2.46. The Morgan fingerprint density at radius 2 is 1.78 bits per heavy atom. The normalized spacial score (nSPS) is 16.9. The number of amides is 4. The van der Waals surface area contributed by atoms with E-state index >= 15 is 4.39 Å². The van der Waals surface area contributed by atoms with Gasteiger partial charge in [0.2, 0.25) is 11.8 Å². The Morgan fingerprint density at radius 3 is 2.50 bits per heavy atom. The van der Waals surface area contributed by atoms with Crippen LogP contribution in [-0.4, -0.2) is 66.3 Å². The van der Waals surface area contributed by atoms with E-state index in [4.69, 9.17) is 9.47 Å². The van der Waals surface area contributed by atoms with E-state index in [0.29, 0.717) is 11.6 Å².